The summed E-state index contributed by atoms with van der Waals surface area (Å²) in [5.74, 6) is -2.96. The van der Waals surface area contributed by atoms with Crippen molar-refractivity contribution in [3.63, 3.8) is 0 Å². The Morgan fingerprint density at radius 1 is 1.45 bits per heavy atom. The Kier molecular flexibility index (Phi) is 3.74. The van der Waals surface area contributed by atoms with Crippen molar-refractivity contribution in [1.82, 2.24) is 4.90 Å². The Balaban J connectivity index is 2.38. The van der Waals surface area contributed by atoms with E-state index in [-0.39, 0.29) is 17.5 Å². The van der Waals surface area contributed by atoms with E-state index in [1.807, 2.05) is 0 Å². The zero-order valence-electron chi connectivity index (χ0n) is 11.2. The van der Waals surface area contributed by atoms with E-state index in [1.165, 1.54) is 19.2 Å². The van der Waals surface area contributed by atoms with E-state index < -0.39 is 36.3 Å². The molecule has 0 spiro atoms. The Morgan fingerprint density at radius 3 is 2.55 bits per heavy atom. The fourth-order valence-corrected chi connectivity index (χ4v) is 2.19. The largest absolute Gasteiger partial charge is 0.480 e. The number of carbonyl (C=O) groups is 2. The Labute approximate surface area is 115 Å². The highest BCUT2D eigenvalue weighted by atomic mass is 19.1. The highest BCUT2D eigenvalue weighted by Gasteiger charge is 2.43. The molecule has 20 heavy (non-hydrogen) atoms. The van der Waals surface area contributed by atoms with Crippen LogP contribution in [0, 0.1) is 12.7 Å². The summed E-state index contributed by atoms with van der Waals surface area (Å²) in [5.41, 5.74) is 0.457. The quantitative estimate of drug-likeness (QED) is 0.920. The predicted molar refractivity (Wildman–Crippen MR) is 68.0 cm³/mol. The smallest absolute Gasteiger partial charge is 0.323 e. The van der Waals surface area contributed by atoms with E-state index in [0.29, 0.717) is 5.56 Å². The fourth-order valence-electron chi connectivity index (χ4n) is 2.19. The van der Waals surface area contributed by atoms with Crippen LogP contribution in [0.4, 0.5) is 8.78 Å². The number of aliphatic carboxylic acids is 1. The first-order valence-electron chi connectivity index (χ1n) is 6.23. The molecule has 1 saturated carbocycles. The Hall–Kier alpha value is -1.98. The minimum absolute atomic E-state index is 0.0435. The lowest BCUT2D eigenvalue weighted by atomic mass is 9.98. The number of nitrogens with zero attached hydrogens (tertiary/aromatic N) is 1. The first-order chi connectivity index (χ1) is 9.32. The molecule has 2 rings (SSSR count). The average molecular weight is 283 g/mol. The van der Waals surface area contributed by atoms with Crippen LogP contribution in [0.25, 0.3) is 0 Å². The number of hydrogen-bond donors (Lipinski definition) is 1. The minimum atomic E-state index is -1.16. The highest BCUT2D eigenvalue weighted by Crippen LogP contribution is 2.46. The zero-order chi connectivity index (χ0) is 15.0. The first kappa shape index (κ1) is 14.4. The van der Waals surface area contributed by atoms with Crippen LogP contribution in [0.15, 0.2) is 12.1 Å². The van der Waals surface area contributed by atoms with Crippen molar-refractivity contribution >= 4 is 11.9 Å². The molecule has 108 valence electrons. The number of benzene rings is 1. The molecule has 0 bridgehead atoms. The van der Waals surface area contributed by atoms with Gasteiger partial charge in [-0.3, -0.25) is 9.59 Å². The Bertz CT molecular complexity index is 574. The maximum atomic E-state index is 14.2. The van der Waals surface area contributed by atoms with Crippen LogP contribution in [-0.4, -0.2) is 41.6 Å². The molecule has 6 heteroatoms. The maximum Gasteiger partial charge on any atom is 0.323 e. The van der Waals surface area contributed by atoms with Gasteiger partial charge in [-0.05, 0) is 25.0 Å². The third-order valence-corrected chi connectivity index (χ3v) is 3.41. The third-order valence-electron chi connectivity index (χ3n) is 3.41. The molecule has 1 fully saturated rings. The predicted octanol–water partition coefficient (Wildman–Crippen LogP) is 2.12. The number of alkyl halides is 1. The zero-order valence-corrected chi connectivity index (χ0v) is 11.2. The van der Waals surface area contributed by atoms with Gasteiger partial charge in [0.2, 0.25) is 0 Å². The van der Waals surface area contributed by atoms with Crippen LogP contribution in [0.1, 0.15) is 33.8 Å². The number of carbonyl (C=O) groups excluding carboxylic acids is 1. The van der Waals surface area contributed by atoms with Gasteiger partial charge in [-0.1, -0.05) is 6.07 Å². The van der Waals surface area contributed by atoms with Crippen LogP contribution in [-0.2, 0) is 4.79 Å². The van der Waals surface area contributed by atoms with Gasteiger partial charge < -0.3 is 10.0 Å². The van der Waals surface area contributed by atoms with Gasteiger partial charge in [-0.15, -0.1) is 0 Å². The standard InChI is InChI=1S/C14H15F2NO3/c1-7-3-4-8(14(20)17(2)6-11(18)19)12(13(7)16)9-5-10(9)15/h3-4,9-10H,5-6H2,1-2H3,(H,18,19)/t9?,10-/m1/s1. The second-order valence-electron chi connectivity index (χ2n) is 5.07. The molecule has 0 aromatic heterocycles. The van der Waals surface area contributed by atoms with E-state index in [0.717, 1.165) is 4.90 Å². The molecule has 1 aromatic carbocycles. The number of amides is 1. The van der Waals surface area contributed by atoms with Crippen LogP contribution in [0.5, 0.6) is 0 Å². The van der Waals surface area contributed by atoms with Gasteiger partial charge in [-0.25, -0.2) is 8.78 Å². The number of carboxylic acid groups (broad SMARTS) is 1. The molecule has 4 nitrogen and oxygen atoms in total. The van der Waals surface area contributed by atoms with Gasteiger partial charge in [0, 0.05) is 24.1 Å². The van der Waals surface area contributed by atoms with Gasteiger partial charge in [0.05, 0.1) is 0 Å². The number of hydrogen-bond acceptors (Lipinski definition) is 2. The summed E-state index contributed by atoms with van der Waals surface area (Å²) in [4.78, 5) is 23.8. The van der Waals surface area contributed by atoms with Crippen LogP contribution in [0.2, 0.25) is 0 Å². The molecule has 1 N–H and O–H groups in total. The van der Waals surface area contributed by atoms with Gasteiger partial charge in [0.15, 0.2) is 0 Å². The van der Waals surface area contributed by atoms with Crippen LogP contribution in [0.3, 0.4) is 0 Å². The summed E-state index contributed by atoms with van der Waals surface area (Å²) in [5, 5.41) is 8.68. The molecule has 0 saturated heterocycles. The van der Waals surface area contributed by atoms with Crippen molar-refractivity contribution in [3.05, 3.63) is 34.6 Å². The third kappa shape index (κ3) is 2.64. The van der Waals surface area contributed by atoms with E-state index in [2.05, 4.69) is 0 Å². The van der Waals surface area contributed by atoms with Crippen molar-refractivity contribution in [2.45, 2.75) is 25.4 Å². The molecular formula is C14H15F2NO3. The van der Waals surface area contributed by atoms with E-state index in [1.54, 1.807) is 6.92 Å². The minimum Gasteiger partial charge on any atom is -0.480 e. The maximum absolute atomic E-state index is 14.2. The number of carboxylic acids is 1. The molecule has 1 aromatic rings. The second-order valence-corrected chi connectivity index (χ2v) is 5.07. The van der Waals surface area contributed by atoms with Crippen molar-refractivity contribution < 1.29 is 23.5 Å². The first-order valence-corrected chi connectivity index (χ1v) is 6.23. The monoisotopic (exact) mass is 283 g/mol. The molecular weight excluding hydrogens is 268 g/mol. The van der Waals surface area contributed by atoms with Gasteiger partial charge >= 0.3 is 5.97 Å². The number of halogens is 2. The van der Waals surface area contributed by atoms with E-state index in [4.69, 9.17) is 5.11 Å². The van der Waals surface area contributed by atoms with Gasteiger partial charge in [0.25, 0.3) is 5.91 Å². The van der Waals surface area contributed by atoms with Gasteiger partial charge in [0.1, 0.15) is 18.5 Å². The lowest BCUT2D eigenvalue weighted by Gasteiger charge is -2.18. The number of aryl methyl sites for hydroxylation is 1. The second kappa shape index (κ2) is 5.19. The lowest BCUT2D eigenvalue weighted by molar-refractivity contribution is -0.137. The Morgan fingerprint density at radius 2 is 2.05 bits per heavy atom. The molecule has 0 heterocycles. The van der Waals surface area contributed by atoms with Crippen molar-refractivity contribution in [2.75, 3.05) is 13.6 Å². The SMILES string of the molecule is Cc1ccc(C(=O)N(C)CC(=O)O)c(C2C[C@H]2F)c1F. The van der Waals surface area contributed by atoms with E-state index >= 15 is 0 Å². The summed E-state index contributed by atoms with van der Waals surface area (Å²) in [6, 6.07) is 2.87. The summed E-state index contributed by atoms with van der Waals surface area (Å²) in [6.07, 6.45) is -0.939. The van der Waals surface area contributed by atoms with Crippen molar-refractivity contribution in [3.8, 4) is 0 Å². The van der Waals surface area contributed by atoms with Crippen molar-refractivity contribution in [2.24, 2.45) is 0 Å². The van der Waals surface area contributed by atoms with Crippen LogP contribution >= 0.6 is 0 Å². The van der Waals surface area contributed by atoms with E-state index in [9.17, 15) is 18.4 Å². The molecule has 0 aliphatic heterocycles. The molecule has 1 unspecified atom stereocenters. The summed E-state index contributed by atoms with van der Waals surface area (Å²) in [6.45, 7) is 1.06. The molecule has 0 radical (unpaired) electrons. The molecule has 1 aliphatic rings. The fraction of sp³-hybridized carbons (Fsp3) is 0.429. The number of rotatable bonds is 4. The summed E-state index contributed by atoms with van der Waals surface area (Å²) >= 11 is 0. The van der Waals surface area contributed by atoms with Crippen LogP contribution < -0.4 is 0 Å². The lowest BCUT2D eigenvalue weighted by Crippen LogP contribution is -2.32. The average Bonchev–Trinajstić information content (AvgIpc) is 3.07. The topological polar surface area (TPSA) is 57.6 Å². The molecule has 1 aliphatic carbocycles. The number of likely N-dealkylation sites (N-methyl/N-ethyl adjacent to an activating group) is 1. The summed E-state index contributed by atoms with van der Waals surface area (Å²) in [7, 11) is 1.32. The normalized spacial score (nSPS) is 20.6. The molecule has 1 amide bonds. The highest BCUT2D eigenvalue weighted by molar-refractivity contribution is 5.97. The molecule has 2 atom stereocenters. The van der Waals surface area contributed by atoms with Crippen molar-refractivity contribution in [1.29, 1.82) is 0 Å². The summed E-state index contributed by atoms with van der Waals surface area (Å²) < 4.78 is 27.4. The van der Waals surface area contributed by atoms with Gasteiger partial charge in [-0.2, -0.15) is 0 Å².